The molecule has 1 atom stereocenters. The molecule has 0 saturated heterocycles. The highest BCUT2D eigenvalue weighted by molar-refractivity contribution is 5.69. The van der Waals surface area contributed by atoms with Crippen LogP contribution >= 0.6 is 0 Å². The van der Waals surface area contributed by atoms with E-state index in [1.165, 1.54) is 0 Å². The standard InChI is InChI=1S/C15H18N2O/c1-10-8-13(17)6-7-14(10)11-2-4-12(5-3-11)15(18)9-16/h2-8,15,18H,9,16-17H2,1H3. The highest BCUT2D eigenvalue weighted by Crippen LogP contribution is 2.26. The van der Waals surface area contributed by atoms with Gasteiger partial charge in [0, 0.05) is 12.2 Å². The molecule has 3 heteroatoms. The van der Waals surface area contributed by atoms with Crippen molar-refractivity contribution in [2.75, 3.05) is 12.3 Å². The normalized spacial score (nSPS) is 12.4. The van der Waals surface area contributed by atoms with Gasteiger partial charge in [0.1, 0.15) is 0 Å². The van der Waals surface area contributed by atoms with E-state index in [0.717, 1.165) is 27.9 Å². The summed E-state index contributed by atoms with van der Waals surface area (Å²) in [5, 5.41) is 9.64. The van der Waals surface area contributed by atoms with Crippen molar-refractivity contribution in [2.24, 2.45) is 5.73 Å². The Morgan fingerprint density at radius 3 is 2.33 bits per heavy atom. The summed E-state index contributed by atoms with van der Waals surface area (Å²) in [5.41, 5.74) is 16.2. The second kappa shape index (κ2) is 5.21. The summed E-state index contributed by atoms with van der Waals surface area (Å²) in [6, 6.07) is 13.7. The van der Waals surface area contributed by atoms with Gasteiger partial charge in [-0.1, -0.05) is 30.3 Å². The second-order valence-corrected chi connectivity index (χ2v) is 4.45. The molecule has 0 fully saturated rings. The van der Waals surface area contributed by atoms with Crippen molar-refractivity contribution in [1.29, 1.82) is 0 Å². The van der Waals surface area contributed by atoms with E-state index >= 15 is 0 Å². The summed E-state index contributed by atoms with van der Waals surface area (Å²) in [4.78, 5) is 0. The lowest BCUT2D eigenvalue weighted by atomic mass is 9.98. The van der Waals surface area contributed by atoms with Gasteiger partial charge in [-0.15, -0.1) is 0 Å². The van der Waals surface area contributed by atoms with Gasteiger partial charge in [0.05, 0.1) is 6.10 Å². The predicted molar refractivity (Wildman–Crippen MR) is 75.0 cm³/mol. The highest BCUT2D eigenvalue weighted by Gasteiger charge is 2.06. The van der Waals surface area contributed by atoms with Crippen LogP contribution in [0.5, 0.6) is 0 Å². The van der Waals surface area contributed by atoms with E-state index in [0.29, 0.717) is 0 Å². The number of nitrogen functional groups attached to an aromatic ring is 1. The van der Waals surface area contributed by atoms with Crippen molar-refractivity contribution < 1.29 is 5.11 Å². The lowest BCUT2D eigenvalue weighted by Gasteiger charge is -2.10. The fourth-order valence-electron chi connectivity index (χ4n) is 2.03. The molecule has 0 aliphatic heterocycles. The number of anilines is 1. The third-order valence-corrected chi connectivity index (χ3v) is 3.08. The molecule has 0 saturated carbocycles. The lowest BCUT2D eigenvalue weighted by Crippen LogP contribution is -2.11. The zero-order valence-corrected chi connectivity index (χ0v) is 10.4. The quantitative estimate of drug-likeness (QED) is 0.723. The Morgan fingerprint density at radius 2 is 1.78 bits per heavy atom. The maximum absolute atomic E-state index is 9.64. The van der Waals surface area contributed by atoms with Crippen LogP contribution in [0.4, 0.5) is 5.69 Å². The zero-order valence-electron chi connectivity index (χ0n) is 10.4. The monoisotopic (exact) mass is 242 g/mol. The molecule has 0 aliphatic rings. The average molecular weight is 242 g/mol. The minimum Gasteiger partial charge on any atom is -0.399 e. The number of hydrogen-bond donors (Lipinski definition) is 3. The van der Waals surface area contributed by atoms with E-state index in [1.54, 1.807) is 0 Å². The molecule has 2 aromatic rings. The van der Waals surface area contributed by atoms with Crippen molar-refractivity contribution in [3.05, 3.63) is 53.6 Å². The van der Waals surface area contributed by atoms with Crippen LogP contribution < -0.4 is 11.5 Å². The number of aliphatic hydroxyl groups is 1. The third-order valence-electron chi connectivity index (χ3n) is 3.08. The number of aryl methyl sites for hydroxylation is 1. The summed E-state index contributed by atoms with van der Waals surface area (Å²) >= 11 is 0. The summed E-state index contributed by atoms with van der Waals surface area (Å²) in [7, 11) is 0. The number of hydrogen-bond acceptors (Lipinski definition) is 3. The summed E-state index contributed by atoms with van der Waals surface area (Å²) in [6.07, 6.45) is -0.591. The molecule has 2 aromatic carbocycles. The molecule has 3 nitrogen and oxygen atoms in total. The number of nitrogens with two attached hydrogens (primary N) is 2. The van der Waals surface area contributed by atoms with Crippen molar-refractivity contribution in [3.8, 4) is 11.1 Å². The van der Waals surface area contributed by atoms with Crippen LogP contribution in [-0.2, 0) is 0 Å². The van der Waals surface area contributed by atoms with Gasteiger partial charge in [0.2, 0.25) is 0 Å². The van der Waals surface area contributed by atoms with Gasteiger partial charge in [0.25, 0.3) is 0 Å². The maximum Gasteiger partial charge on any atom is 0.0912 e. The zero-order chi connectivity index (χ0) is 13.1. The van der Waals surface area contributed by atoms with E-state index in [4.69, 9.17) is 11.5 Å². The molecule has 0 aromatic heterocycles. The molecule has 0 heterocycles. The van der Waals surface area contributed by atoms with E-state index in [-0.39, 0.29) is 6.54 Å². The number of rotatable bonds is 3. The Bertz CT molecular complexity index is 535. The minimum absolute atomic E-state index is 0.236. The van der Waals surface area contributed by atoms with E-state index in [9.17, 15) is 5.11 Å². The molecule has 94 valence electrons. The molecule has 0 aliphatic carbocycles. The Labute approximate surface area is 107 Å². The summed E-state index contributed by atoms with van der Waals surface area (Å²) in [5.74, 6) is 0. The topological polar surface area (TPSA) is 72.3 Å². The van der Waals surface area contributed by atoms with E-state index in [2.05, 4.69) is 0 Å². The first-order chi connectivity index (χ1) is 8.61. The molecule has 5 N–H and O–H groups in total. The van der Waals surface area contributed by atoms with Gasteiger partial charge in [0.15, 0.2) is 0 Å². The molecule has 18 heavy (non-hydrogen) atoms. The van der Waals surface area contributed by atoms with Crippen molar-refractivity contribution in [1.82, 2.24) is 0 Å². The third kappa shape index (κ3) is 2.53. The Hall–Kier alpha value is -1.84. The molecule has 0 radical (unpaired) electrons. The molecular formula is C15H18N2O. The second-order valence-electron chi connectivity index (χ2n) is 4.45. The Balaban J connectivity index is 2.34. The van der Waals surface area contributed by atoms with Gasteiger partial charge >= 0.3 is 0 Å². The molecule has 2 rings (SSSR count). The lowest BCUT2D eigenvalue weighted by molar-refractivity contribution is 0.187. The molecule has 0 spiro atoms. The van der Waals surface area contributed by atoms with Gasteiger partial charge in [-0.3, -0.25) is 0 Å². The van der Waals surface area contributed by atoms with Crippen LogP contribution in [0, 0.1) is 6.92 Å². The Morgan fingerprint density at radius 1 is 1.11 bits per heavy atom. The van der Waals surface area contributed by atoms with Crippen LogP contribution in [0.2, 0.25) is 0 Å². The van der Waals surface area contributed by atoms with Crippen LogP contribution in [0.15, 0.2) is 42.5 Å². The van der Waals surface area contributed by atoms with Crippen molar-refractivity contribution in [3.63, 3.8) is 0 Å². The van der Waals surface area contributed by atoms with Gasteiger partial charge in [-0.05, 0) is 41.3 Å². The Kier molecular flexibility index (Phi) is 3.65. The van der Waals surface area contributed by atoms with Crippen LogP contribution in [0.3, 0.4) is 0 Å². The van der Waals surface area contributed by atoms with Crippen LogP contribution in [0.25, 0.3) is 11.1 Å². The highest BCUT2D eigenvalue weighted by atomic mass is 16.3. The van der Waals surface area contributed by atoms with E-state index in [1.807, 2.05) is 49.4 Å². The SMILES string of the molecule is Cc1cc(N)ccc1-c1ccc(C(O)CN)cc1. The van der Waals surface area contributed by atoms with Crippen molar-refractivity contribution >= 4 is 5.69 Å². The molecule has 1 unspecified atom stereocenters. The molecule has 0 bridgehead atoms. The first-order valence-corrected chi connectivity index (χ1v) is 5.96. The van der Waals surface area contributed by atoms with E-state index < -0.39 is 6.10 Å². The average Bonchev–Trinajstić information content (AvgIpc) is 2.38. The minimum atomic E-state index is -0.591. The first kappa shape index (κ1) is 12.6. The largest absolute Gasteiger partial charge is 0.399 e. The van der Waals surface area contributed by atoms with Gasteiger partial charge < -0.3 is 16.6 Å². The smallest absolute Gasteiger partial charge is 0.0912 e. The predicted octanol–water partition coefficient (Wildman–Crippen LogP) is 2.24. The number of aliphatic hydroxyl groups excluding tert-OH is 1. The molecular weight excluding hydrogens is 224 g/mol. The fourth-order valence-corrected chi connectivity index (χ4v) is 2.03. The maximum atomic E-state index is 9.64. The van der Waals surface area contributed by atoms with Crippen LogP contribution in [-0.4, -0.2) is 11.7 Å². The first-order valence-electron chi connectivity index (χ1n) is 5.96. The van der Waals surface area contributed by atoms with Crippen molar-refractivity contribution in [2.45, 2.75) is 13.0 Å². The number of benzene rings is 2. The molecule has 0 amide bonds. The van der Waals surface area contributed by atoms with Crippen LogP contribution in [0.1, 0.15) is 17.2 Å². The summed E-state index contributed by atoms with van der Waals surface area (Å²) in [6.45, 7) is 2.27. The fraction of sp³-hybridized carbons (Fsp3) is 0.200. The summed E-state index contributed by atoms with van der Waals surface area (Å²) < 4.78 is 0. The van der Waals surface area contributed by atoms with Gasteiger partial charge in [-0.2, -0.15) is 0 Å². The van der Waals surface area contributed by atoms with Gasteiger partial charge in [-0.25, -0.2) is 0 Å².